The lowest BCUT2D eigenvalue weighted by molar-refractivity contribution is -0.150. The fraction of sp³-hybridized carbons (Fsp3) is 0.550. The van der Waals surface area contributed by atoms with E-state index < -0.39 is 0 Å². The quantitative estimate of drug-likeness (QED) is 0.752. The van der Waals surface area contributed by atoms with Crippen LogP contribution in [0.15, 0.2) is 28.8 Å². The van der Waals surface area contributed by atoms with Crippen LogP contribution >= 0.6 is 0 Å². The number of nitrogens with zero attached hydrogens (tertiary/aromatic N) is 3. The molecule has 4 rings (SSSR count). The third-order valence-electron chi connectivity index (χ3n) is 5.20. The highest BCUT2D eigenvalue weighted by molar-refractivity contribution is 5.76. The van der Waals surface area contributed by atoms with Crippen molar-refractivity contribution in [1.82, 2.24) is 15.0 Å². The third-order valence-corrected chi connectivity index (χ3v) is 5.20. The van der Waals surface area contributed by atoms with Crippen LogP contribution in [0.25, 0.3) is 11.4 Å². The van der Waals surface area contributed by atoms with Gasteiger partial charge in [-0.3, -0.25) is 4.79 Å². The lowest BCUT2D eigenvalue weighted by Gasteiger charge is -2.38. The van der Waals surface area contributed by atoms with Crippen molar-refractivity contribution in [3.63, 3.8) is 0 Å². The molecular formula is C20H25N3O5. The van der Waals surface area contributed by atoms with Crippen LogP contribution in [0.3, 0.4) is 0 Å². The molecule has 2 saturated heterocycles. The van der Waals surface area contributed by atoms with Crippen molar-refractivity contribution in [2.45, 2.75) is 44.4 Å². The highest BCUT2D eigenvalue weighted by Gasteiger charge is 2.36. The molecule has 0 aliphatic carbocycles. The zero-order chi connectivity index (χ0) is 19.3. The maximum atomic E-state index is 12.8. The number of hydrogen-bond acceptors (Lipinski definition) is 7. The van der Waals surface area contributed by atoms with Crippen LogP contribution in [0.4, 0.5) is 0 Å². The number of benzene rings is 1. The molecule has 0 saturated carbocycles. The van der Waals surface area contributed by atoms with Crippen LogP contribution in [0.5, 0.6) is 5.75 Å². The van der Waals surface area contributed by atoms with E-state index in [4.69, 9.17) is 18.7 Å². The molecular weight excluding hydrogens is 362 g/mol. The van der Waals surface area contributed by atoms with E-state index in [1.165, 1.54) is 0 Å². The minimum absolute atomic E-state index is 0.00120. The van der Waals surface area contributed by atoms with E-state index in [1.54, 1.807) is 7.11 Å². The highest BCUT2D eigenvalue weighted by atomic mass is 16.7. The normalized spacial score (nSPS) is 20.5. The van der Waals surface area contributed by atoms with E-state index >= 15 is 0 Å². The van der Waals surface area contributed by atoms with Crippen LogP contribution in [0.2, 0.25) is 0 Å². The molecule has 1 aromatic heterocycles. The zero-order valence-electron chi connectivity index (χ0n) is 16.0. The first-order chi connectivity index (χ1) is 13.7. The largest absolute Gasteiger partial charge is 0.497 e. The Bertz CT molecular complexity index is 785. The monoisotopic (exact) mass is 387 g/mol. The molecule has 2 aliphatic rings. The zero-order valence-corrected chi connectivity index (χ0v) is 16.0. The number of aromatic nitrogens is 2. The summed E-state index contributed by atoms with van der Waals surface area (Å²) < 4.78 is 21.8. The Balaban J connectivity index is 1.35. The van der Waals surface area contributed by atoms with Crippen LogP contribution in [0, 0.1) is 0 Å². The maximum Gasteiger partial charge on any atom is 0.227 e. The minimum atomic E-state index is -0.297. The van der Waals surface area contributed by atoms with Gasteiger partial charge in [-0.15, -0.1) is 0 Å². The van der Waals surface area contributed by atoms with Crippen molar-refractivity contribution < 1.29 is 23.5 Å². The average Bonchev–Trinajstić information content (AvgIpc) is 3.44. The Hall–Kier alpha value is -2.45. The van der Waals surface area contributed by atoms with Gasteiger partial charge >= 0.3 is 0 Å². The van der Waals surface area contributed by atoms with Gasteiger partial charge in [0.15, 0.2) is 6.29 Å². The van der Waals surface area contributed by atoms with E-state index in [1.807, 2.05) is 29.2 Å². The number of methoxy groups -OCH3 is 1. The molecule has 1 atom stereocenters. The Morgan fingerprint density at radius 2 is 2.00 bits per heavy atom. The molecule has 0 spiro atoms. The number of likely N-dealkylation sites (tertiary alicyclic amines) is 1. The van der Waals surface area contributed by atoms with Gasteiger partial charge in [-0.05, 0) is 43.5 Å². The molecule has 2 aromatic rings. The molecule has 0 bridgehead atoms. The van der Waals surface area contributed by atoms with Crippen molar-refractivity contribution in [2.75, 3.05) is 26.9 Å². The summed E-state index contributed by atoms with van der Waals surface area (Å²) in [5.41, 5.74) is 0.841. The first kappa shape index (κ1) is 18.9. The molecule has 2 aliphatic heterocycles. The van der Waals surface area contributed by atoms with Gasteiger partial charge in [0.25, 0.3) is 0 Å². The van der Waals surface area contributed by atoms with Gasteiger partial charge in [0, 0.05) is 24.9 Å². The van der Waals surface area contributed by atoms with E-state index in [9.17, 15) is 4.79 Å². The highest BCUT2D eigenvalue weighted by Crippen LogP contribution is 2.25. The Labute approximate surface area is 163 Å². The molecule has 28 heavy (non-hydrogen) atoms. The summed E-state index contributed by atoms with van der Waals surface area (Å²) in [6.07, 6.45) is 3.46. The molecule has 1 unspecified atom stereocenters. The standard InChI is InChI=1S/C20H25N3O5/c1-25-15-7-5-14(6-8-15)19-21-17(28-22-19)9-10-18(24)23-11-3-2-4-16(23)20-26-12-13-27-20/h5-8,16,20H,2-4,9-13H2,1H3. The predicted molar refractivity (Wildman–Crippen MR) is 99.7 cm³/mol. The summed E-state index contributed by atoms with van der Waals surface area (Å²) in [4.78, 5) is 19.1. The third kappa shape index (κ3) is 4.18. The van der Waals surface area contributed by atoms with Gasteiger partial charge in [0.1, 0.15) is 5.75 Å². The Morgan fingerprint density at radius 3 is 2.75 bits per heavy atom. The SMILES string of the molecule is COc1ccc(-c2noc(CCC(=O)N3CCCCC3C3OCCO3)n2)cc1. The van der Waals surface area contributed by atoms with Crippen LogP contribution < -0.4 is 4.74 Å². The molecule has 0 radical (unpaired) electrons. The van der Waals surface area contributed by atoms with Gasteiger partial charge in [-0.25, -0.2) is 0 Å². The van der Waals surface area contributed by atoms with Crippen LogP contribution in [-0.4, -0.2) is 60.1 Å². The number of hydrogen-bond donors (Lipinski definition) is 0. The van der Waals surface area contributed by atoms with Crippen molar-refractivity contribution in [3.05, 3.63) is 30.2 Å². The van der Waals surface area contributed by atoms with Gasteiger partial charge in [-0.1, -0.05) is 5.16 Å². The summed E-state index contributed by atoms with van der Waals surface area (Å²) in [6.45, 7) is 1.94. The molecule has 1 aromatic carbocycles. The van der Waals surface area contributed by atoms with E-state index in [2.05, 4.69) is 10.1 Å². The molecule has 3 heterocycles. The average molecular weight is 387 g/mol. The van der Waals surface area contributed by atoms with Crippen molar-refractivity contribution >= 4 is 5.91 Å². The molecule has 0 N–H and O–H groups in total. The minimum Gasteiger partial charge on any atom is -0.497 e. The van der Waals surface area contributed by atoms with Gasteiger partial charge < -0.3 is 23.6 Å². The van der Waals surface area contributed by atoms with Crippen molar-refractivity contribution in [1.29, 1.82) is 0 Å². The van der Waals surface area contributed by atoms with E-state index in [0.717, 1.165) is 37.1 Å². The van der Waals surface area contributed by atoms with Crippen LogP contribution in [0.1, 0.15) is 31.6 Å². The van der Waals surface area contributed by atoms with Gasteiger partial charge in [-0.2, -0.15) is 4.98 Å². The van der Waals surface area contributed by atoms with E-state index in [0.29, 0.717) is 37.8 Å². The smallest absolute Gasteiger partial charge is 0.227 e. The van der Waals surface area contributed by atoms with Crippen LogP contribution in [-0.2, 0) is 20.7 Å². The molecule has 150 valence electrons. The Kier molecular flexibility index (Phi) is 5.87. The van der Waals surface area contributed by atoms with Gasteiger partial charge in [0.2, 0.25) is 17.6 Å². The number of piperidine rings is 1. The lowest BCUT2D eigenvalue weighted by atomic mass is 10.0. The summed E-state index contributed by atoms with van der Waals surface area (Å²) in [5, 5.41) is 4.02. The second kappa shape index (κ2) is 8.70. The predicted octanol–water partition coefficient (Wildman–Crippen LogP) is 2.43. The first-order valence-electron chi connectivity index (χ1n) is 9.74. The number of carbonyl (C=O) groups is 1. The molecule has 8 nitrogen and oxygen atoms in total. The maximum absolute atomic E-state index is 12.8. The second-order valence-corrected chi connectivity index (χ2v) is 7.00. The fourth-order valence-electron chi connectivity index (χ4n) is 3.72. The summed E-state index contributed by atoms with van der Waals surface area (Å²) in [6, 6.07) is 7.44. The fourth-order valence-corrected chi connectivity index (χ4v) is 3.72. The molecule has 1 amide bonds. The molecule has 8 heteroatoms. The summed E-state index contributed by atoms with van der Waals surface area (Å²) in [7, 11) is 1.62. The summed E-state index contributed by atoms with van der Waals surface area (Å²) >= 11 is 0. The first-order valence-corrected chi connectivity index (χ1v) is 9.74. The van der Waals surface area contributed by atoms with E-state index in [-0.39, 0.29) is 18.2 Å². The number of rotatable bonds is 6. The number of aryl methyl sites for hydroxylation is 1. The topological polar surface area (TPSA) is 86.9 Å². The number of amides is 1. The van der Waals surface area contributed by atoms with Crippen molar-refractivity contribution in [3.8, 4) is 17.1 Å². The number of carbonyl (C=O) groups excluding carboxylic acids is 1. The molecule has 2 fully saturated rings. The van der Waals surface area contributed by atoms with Crippen molar-refractivity contribution in [2.24, 2.45) is 0 Å². The number of ether oxygens (including phenoxy) is 3. The Morgan fingerprint density at radius 1 is 1.21 bits per heavy atom. The lowest BCUT2D eigenvalue weighted by Crippen LogP contribution is -2.50. The van der Waals surface area contributed by atoms with Gasteiger partial charge in [0.05, 0.1) is 26.4 Å². The second-order valence-electron chi connectivity index (χ2n) is 7.00. The summed E-state index contributed by atoms with van der Waals surface area (Å²) in [5.74, 6) is 1.81.